The number of nitrogens with zero attached hydrogens (tertiary/aromatic N) is 3. The van der Waals surface area contributed by atoms with E-state index in [9.17, 15) is 4.79 Å². The highest BCUT2D eigenvalue weighted by Crippen LogP contribution is 2.22. The smallest absolute Gasteiger partial charge is 0.221 e. The molecule has 5 nitrogen and oxygen atoms in total. The Bertz CT molecular complexity index is 730. The minimum Gasteiger partial charge on any atom is -0.353 e. The molecule has 2 rings (SSSR count). The number of hydrogen-bond acceptors (Lipinski definition) is 5. The van der Waals surface area contributed by atoms with Gasteiger partial charge >= 0.3 is 0 Å². The number of hydrogen-bond donors (Lipinski definition) is 1. The largest absolute Gasteiger partial charge is 0.353 e. The number of aromatic nitrogens is 2. The van der Waals surface area contributed by atoms with E-state index in [0.717, 1.165) is 21.5 Å². The minimum absolute atomic E-state index is 0.0766. The highest BCUT2D eigenvalue weighted by Gasteiger charge is 2.18. The van der Waals surface area contributed by atoms with Crippen LogP contribution in [0.25, 0.3) is 0 Å². The normalized spacial score (nSPS) is 12.4. The van der Waals surface area contributed by atoms with Gasteiger partial charge in [0.25, 0.3) is 0 Å². The van der Waals surface area contributed by atoms with Gasteiger partial charge in [-0.05, 0) is 44.4 Å². The summed E-state index contributed by atoms with van der Waals surface area (Å²) in [5, 5.41) is 4.64. The molecule has 1 amide bonds. The van der Waals surface area contributed by atoms with Crippen LogP contribution in [0.2, 0.25) is 5.02 Å². The van der Waals surface area contributed by atoms with Crippen molar-refractivity contribution in [3.05, 3.63) is 40.7 Å². The molecule has 1 aromatic carbocycles. The van der Waals surface area contributed by atoms with Gasteiger partial charge in [0.2, 0.25) is 11.0 Å². The Hall–Kier alpha value is -1.66. The van der Waals surface area contributed by atoms with Crippen LogP contribution in [0.5, 0.6) is 0 Å². The van der Waals surface area contributed by atoms with Crippen LogP contribution in [-0.4, -0.2) is 33.9 Å². The highest BCUT2D eigenvalue weighted by atomic mass is 35.5. The Morgan fingerprint density at radius 1 is 1.19 bits per heavy atom. The molecule has 1 N–H and O–H groups in total. The molecule has 0 aliphatic heterocycles. The molecule has 2 aromatic rings. The monoisotopic (exact) mass is 408 g/mol. The van der Waals surface area contributed by atoms with E-state index in [-0.39, 0.29) is 18.0 Å². The van der Waals surface area contributed by atoms with Gasteiger partial charge in [0.05, 0.1) is 0 Å². The summed E-state index contributed by atoms with van der Waals surface area (Å²) in [4.78, 5) is 19.0. The molecule has 1 atom stereocenters. The van der Waals surface area contributed by atoms with Crippen molar-refractivity contribution in [3.63, 3.8) is 0 Å². The molecule has 148 valence electrons. The van der Waals surface area contributed by atoms with Crippen LogP contribution in [0.3, 0.4) is 0 Å². The van der Waals surface area contributed by atoms with E-state index in [2.05, 4.69) is 47.3 Å². The fraction of sp³-hybridized carbons (Fsp3) is 0.550. The average Bonchev–Trinajstić information content (AvgIpc) is 3.04. The van der Waals surface area contributed by atoms with Gasteiger partial charge in [-0.3, -0.25) is 4.79 Å². The molecule has 1 heterocycles. The van der Waals surface area contributed by atoms with Gasteiger partial charge in [0, 0.05) is 48.0 Å². The van der Waals surface area contributed by atoms with Gasteiger partial charge in [-0.25, -0.2) is 4.98 Å². The van der Waals surface area contributed by atoms with Crippen LogP contribution in [-0.2, 0) is 11.2 Å². The molecule has 1 aromatic heterocycles. The molecule has 0 aliphatic carbocycles. The maximum atomic E-state index is 12.2. The van der Waals surface area contributed by atoms with Gasteiger partial charge in [-0.1, -0.05) is 37.6 Å². The Labute approximate surface area is 171 Å². The van der Waals surface area contributed by atoms with Crippen molar-refractivity contribution in [2.45, 2.75) is 59.5 Å². The summed E-state index contributed by atoms with van der Waals surface area (Å²) in [6, 6.07) is 8.16. The molecule has 0 fully saturated rings. The number of anilines is 1. The summed E-state index contributed by atoms with van der Waals surface area (Å²) < 4.78 is 4.49. The molecule has 0 aliphatic rings. The van der Waals surface area contributed by atoms with E-state index in [4.69, 9.17) is 11.6 Å². The fourth-order valence-corrected chi connectivity index (χ4v) is 3.48. The van der Waals surface area contributed by atoms with Gasteiger partial charge < -0.3 is 10.2 Å². The molecule has 0 bridgehead atoms. The molecule has 0 saturated carbocycles. The Morgan fingerprint density at radius 2 is 1.85 bits per heavy atom. The van der Waals surface area contributed by atoms with Crippen molar-refractivity contribution in [2.24, 2.45) is 5.92 Å². The maximum absolute atomic E-state index is 12.2. The first kappa shape index (κ1) is 21.6. The Morgan fingerprint density at radius 3 is 2.44 bits per heavy atom. The van der Waals surface area contributed by atoms with E-state index in [1.165, 1.54) is 11.5 Å². The van der Waals surface area contributed by atoms with Gasteiger partial charge in [-0.15, -0.1) is 0 Å². The lowest BCUT2D eigenvalue weighted by Gasteiger charge is -2.26. The number of carbonyl (C=O) groups excluding carboxylic acids is 1. The predicted octanol–water partition coefficient (Wildman–Crippen LogP) is 4.55. The summed E-state index contributed by atoms with van der Waals surface area (Å²) in [6.45, 7) is 11.1. The van der Waals surface area contributed by atoms with Crippen molar-refractivity contribution in [3.8, 4) is 0 Å². The van der Waals surface area contributed by atoms with Crippen LogP contribution in [0.4, 0.5) is 5.13 Å². The number of halogens is 1. The van der Waals surface area contributed by atoms with Crippen molar-refractivity contribution < 1.29 is 4.79 Å². The van der Waals surface area contributed by atoms with Crippen molar-refractivity contribution in [2.75, 3.05) is 11.4 Å². The van der Waals surface area contributed by atoms with Crippen molar-refractivity contribution >= 4 is 34.2 Å². The van der Waals surface area contributed by atoms with Crippen molar-refractivity contribution in [1.29, 1.82) is 0 Å². The lowest BCUT2D eigenvalue weighted by Crippen LogP contribution is -2.39. The quantitative estimate of drug-likeness (QED) is 0.661. The van der Waals surface area contributed by atoms with Gasteiger partial charge in [-0.2, -0.15) is 4.37 Å². The van der Waals surface area contributed by atoms with Crippen LogP contribution in [0.1, 0.15) is 52.4 Å². The molecule has 0 radical (unpaired) electrons. The zero-order valence-corrected chi connectivity index (χ0v) is 18.3. The van der Waals surface area contributed by atoms with E-state index in [1.807, 2.05) is 31.2 Å². The molecular formula is C20H29ClN4OS. The number of carbonyl (C=O) groups is 1. The van der Waals surface area contributed by atoms with Gasteiger partial charge in [0.15, 0.2) is 0 Å². The molecule has 1 unspecified atom stereocenters. The number of amides is 1. The minimum atomic E-state index is 0.0766. The summed E-state index contributed by atoms with van der Waals surface area (Å²) in [6.07, 6.45) is 1.12. The third-order valence-electron chi connectivity index (χ3n) is 4.57. The highest BCUT2D eigenvalue weighted by molar-refractivity contribution is 7.09. The number of nitrogens with one attached hydrogen (secondary N) is 1. The Kier molecular flexibility index (Phi) is 8.05. The zero-order chi connectivity index (χ0) is 20.0. The van der Waals surface area contributed by atoms with E-state index in [1.54, 1.807) is 0 Å². The van der Waals surface area contributed by atoms with Crippen LogP contribution < -0.4 is 10.2 Å². The Balaban J connectivity index is 1.97. The van der Waals surface area contributed by atoms with E-state index in [0.29, 0.717) is 25.3 Å². The molecule has 0 saturated heterocycles. The molecule has 7 heteroatoms. The van der Waals surface area contributed by atoms with E-state index >= 15 is 0 Å². The van der Waals surface area contributed by atoms with Crippen LogP contribution in [0.15, 0.2) is 24.3 Å². The molecule has 0 spiro atoms. The predicted molar refractivity (Wildman–Crippen MR) is 114 cm³/mol. The first-order valence-corrected chi connectivity index (χ1v) is 10.5. The third kappa shape index (κ3) is 6.78. The van der Waals surface area contributed by atoms with Crippen LogP contribution in [0, 0.1) is 5.92 Å². The summed E-state index contributed by atoms with van der Waals surface area (Å²) in [7, 11) is 0. The lowest BCUT2D eigenvalue weighted by molar-refractivity contribution is -0.121. The standard InChI is InChI=1S/C20H29ClN4OS/c1-13(2)15(5)22-19(26)10-11-25(14(3)4)20-23-18(24-27-20)12-16-6-8-17(21)9-7-16/h6-9,13-15H,10-12H2,1-5H3,(H,22,26). The second-order valence-electron chi connectivity index (χ2n) is 7.43. The summed E-state index contributed by atoms with van der Waals surface area (Å²) in [5.41, 5.74) is 1.13. The van der Waals surface area contributed by atoms with E-state index < -0.39 is 0 Å². The molecular weight excluding hydrogens is 380 g/mol. The summed E-state index contributed by atoms with van der Waals surface area (Å²) >= 11 is 7.32. The SMILES string of the molecule is CC(C)C(C)NC(=O)CCN(c1nc(Cc2ccc(Cl)cc2)ns1)C(C)C. The maximum Gasteiger partial charge on any atom is 0.221 e. The average molecular weight is 409 g/mol. The van der Waals surface area contributed by atoms with Crippen LogP contribution >= 0.6 is 23.1 Å². The number of rotatable bonds is 9. The van der Waals surface area contributed by atoms with Crippen molar-refractivity contribution in [1.82, 2.24) is 14.7 Å². The first-order chi connectivity index (χ1) is 12.8. The first-order valence-electron chi connectivity index (χ1n) is 9.39. The fourth-order valence-electron chi connectivity index (χ4n) is 2.51. The topological polar surface area (TPSA) is 58.1 Å². The summed E-state index contributed by atoms with van der Waals surface area (Å²) in [5.74, 6) is 1.29. The second kappa shape index (κ2) is 10.0. The lowest BCUT2D eigenvalue weighted by atomic mass is 10.1. The third-order valence-corrected chi connectivity index (χ3v) is 5.61. The second-order valence-corrected chi connectivity index (χ2v) is 8.60. The zero-order valence-electron chi connectivity index (χ0n) is 16.7. The van der Waals surface area contributed by atoms with Gasteiger partial charge in [0.1, 0.15) is 5.82 Å². The molecule has 27 heavy (non-hydrogen) atoms. The number of benzene rings is 1.